The Labute approximate surface area is 110 Å². The Morgan fingerprint density at radius 2 is 1.78 bits per heavy atom. The summed E-state index contributed by atoms with van der Waals surface area (Å²) in [5.74, 6) is 0. The summed E-state index contributed by atoms with van der Waals surface area (Å²) in [4.78, 5) is 7.68. The first kappa shape index (κ1) is 14.7. The van der Waals surface area contributed by atoms with Gasteiger partial charge in [-0.1, -0.05) is 48.8 Å². The zero-order valence-corrected chi connectivity index (χ0v) is 11.9. The Balaban J connectivity index is 2.40. The van der Waals surface area contributed by atoms with Crippen LogP contribution in [0.5, 0.6) is 0 Å². The number of oxime groups is 1. The van der Waals surface area contributed by atoms with Gasteiger partial charge in [0, 0.05) is 6.54 Å². The Kier molecular flexibility index (Phi) is 6.44. The molecule has 0 saturated carbocycles. The Morgan fingerprint density at radius 3 is 2.33 bits per heavy atom. The van der Waals surface area contributed by atoms with Crippen molar-refractivity contribution in [2.75, 3.05) is 26.2 Å². The largest absolute Gasteiger partial charge is 0.394 e. The van der Waals surface area contributed by atoms with Gasteiger partial charge in [0.2, 0.25) is 0 Å². The smallest absolute Gasteiger partial charge is 0.129 e. The first-order valence-electron chi connectivity index (χ1n) is 6.63. The lowest BCUT2D eigenvalue weighted by atomic mass is 10.1. The third-order valence-corrected chi connectivity index (χ3v) is 3.06. The summed E-state index contributed by atoms with van der Waals surface area (Å²) in [6.07, 6.45) is 0. The SMILES string of the molecule is CCN(CC)CCO/N=C(\C)c1ccc(C)cc1. The fourth-order valence-corrected chi connectivity index (χ4v) is 1.70. The van der Waals surface area contributed by atoms with Crippen molar-refractivity contribution in [2.24, 2.45) is 5.16 Å². The average Bonchev–Trinajstić information content (AvgIpc) is 2.39. The van der Waals surface area contributed by atoms with E-state index < -0.39 is 0 Å². The van der Waals surface area contributed by atoms with Crippen LogP contribution in [0.25, 0.3) is 0 Å². The highest BCUT2D eigenvalue weighted by molar-refractivity contribution is 5.98. The summed E-state index contributed by atoms with van der Waals surface area (Å²) < 4.78 is 0. The second-order valence-corrected chi connectivity index (χ2v) is 4.40. The van der Waals surface area contributed by atoms with Crippen molar-refractivity contribution in [2.45, 2.75) is 27.7 Å². The van der Waals surface area contributed by atoms with E-state index in [2.05, 4.69) is 55.1 Å². The van der Waals surface area contributed by atoms with Gasteiger partial charge in [-0.25, -0.2) is 0 Å². The summed E-state index contributed by atoms with van der Waals surface area (Å²) in [5, 5.41) is 4.15. The fraction of sp³-hybridized carbons (Fsp3) is 0.533. The van der Waals surface area contributed by atoms with Gasteiger partial charge >= 0.3 is 0 Å². The van der Waals surface area contributed by atoms with Crippen LogP contribution in [0.15, 0.2) is 29.4 Å². The van der Waals surface area contributed by atoms with Crippen molar-refractivity contribution in [3.63, 3.8) is 0 Å². The van der Waals surface area contributed by atoms with Crippen molar-refractivity contribution < 1.29 is 4.84 Å². The number of aryl methyl sites for hydroxylation is 1. The lowest BCUT2D eigenvalue weighted by Gasteiger charge is -2.16. The predicted octanol–water partition coefficient (Wildman–Crippen LogP) is 3.08. The number of nitrogens with zero attached hydrogens (tertiary/aromatic N) is 2. The zero-order chi connectivity index (χ0) is 13.4. The lowest BCUT2D eigenvalue weighted by Crippen LogP contribution is -2.26. The molecule has 1 rings (SSSR count). The molecule has 0 amide bonds. The van der Waals surface area contributed by atoms with E-state index in [4.69, 9.17) is 4.84 Å². The number of hydrogen-bond donors (Lipinski definition) is 0. The van der Waals surface area contributed by atoms with E-state index in [-0.39, 0.29) is 0 Å². The van der Waals surface area contributed by atoms with E-state index in [1.807, 2.05) is 6.92 Å². The molecule has 1 aromatic rings. The number of benzene rings is 1. The molecule has 1 aromatic carbocycles. The van der Waals surface area contributed by atoms with Crippen molar-refractivity contribution in [3.8, 4) is 0 Å². The minimum atomic E-state index is 0.644. The average molecular weight is 248 g/mol. The topological polar surface area (TPSA) is 24.8 Å². The maximum atomic E-state index is 5.36. The summed E-state index contributed by atoms with van der Waals surface area (Å²) >= 11 is 0. The molecule has 0 aliphatic carbocycles. The Hall–Kier alpha value is -1.35. The lowest BCUT2D eigenvalue weighted by molar-refractivity contribution is 0.114. The van der Waals surface area contributed by atoms with E-state index in [1.54, 1.807) is 0 Å². The summed E-state index contributed by atoms with van der Waals surface area (Å²) in [6, 6.07) is 8.32. The van der Waals surface area contributed by atoms with Crippen LogP contribution in [0, 0.1) is 6.92 Å². The van der Waals surface area contributed by atoms with Crippen LogP contribution in [-0.2, 0) is 4.84 Å². The van der Waals surface area contributed by atoms with Crippen LogP contribution >= 0.6 is 0 Å². The van der Waals surface area contributed by atoms with Crippen LogP contribution < -0.4 is 0 Å². The van der Waals surface area contributed by atoms with Gasteiger partial charge in [-0.15, -0.1) is 0 Å². The summed E-state index contributed by atoms with van der Waals surface area (Å²) in [5.41, 5.74) is 3.30. The minimum Gasteiger partial charge on any atom is -0.394 e. The molecule has 3 heteroatoms. The Morgan fingerprint density at radius 1 is 1.17 bits per heavy atom. The molecule has 0 radical (unpaired) electrons. The molecule has 0 N–H and O–H groups in total. The van der Waals surface area contributed by atoms with Crippen LogP contribution in [-0.4, -0.2) is 36.9 Å². The normalized spacial score (nSPS) is 11.9. The molecule has 0 bridgehead atoms. The molecule has 18 heavy (non-hydrogen) atoms. The number of hydrogen-bond acceptors (Lipinski definition) is 3. The van der Waals surface area contributed by atoms with E-state index in [0.717, 1.165) is 30.9 Å². The van der Waals surface area contributed by atoms with Crippen molar-refractivity contribution >= 4 is 5.71 Å². The molecule has 0 saturated heterocycles. The van der Waals surface area contributed by atoms with E-state index in [1.165, 1.54) is 5.56 Å². The maximum absolute atomic E-state index is 5.36. The monoisotopic (exact) mass is 248 g/mol. The first-order valence-corrected chi connectivity index (χ1v) is 6.63. The second-order valence-electron chi connectivity index (χ2n) is 4.40. The molecular formula is C15H24N2O. The molecular weight excluding hydrogens is 224 g/mol. The number of likely N-dealkylation sites (N-methyl/N-ethyl adjacent to an activating group) is 1. The van der Waals surface area contributed by atoms with Gasteiger partial charge in [-0.3, -0.25) is 0 Å². The zero-order valence-electron chi connectivity index (χ0n) is 11.9. The van der Waals surface area contributed by atoms with E-state index >= 15 is 0 Å². The highest BCUT2D eigenvalue weighted by Crippen LogP contribution is 2.04. The quantitative estimate of drug-likeness (QED) is 0.421. The second kappa shape index (κ2) is 7.88. The number of rotatable bonds is 7. The van der Waals surface area contributed by atoms with Crippen molar-refractivity contribution in [1.29, 1.82) is 0 Å². The van der Waals surface area contributed by atoms with Crippen LogP contribution in [0.3, 0.4) is 0 Å². The molecule has 0 fully saturated rings. The third-order valence-electron chi connectivity index (χ3n) is 3.06. The molecule has 0 atom stereocenters. The Bertz CT molecular complexity index is 367. The van der Waals surface area contributed by atoms with Crippen molar-refractivity contribution in [1.82, 2.24) is 4.90 Å². The van der Waals surface area contributed by atoms with Gasteiger partial charge in [0.15, 0.2) is 0 Å². The summed E-state index contributed by atoms with van der Waals surface area (Å²) in [7, 11) is 0. The highest BCUT2D eigenvalue weighted by atomic mass is 16.6. The first-order chi connectivity index (χ1) is 8.67. The van der Waals surface area contributed by atoms with E-state index in [9.17, 15) is 0 Å². The van der Waals surface area contributed by atoms with Gasteiger partial charge in [0.05, 0.1) is 5.71 Å². The van der Waals surface area contributed by atoms with E-state index in [0.29, 0.717) is 6.61 Å². The molecule has 3 nitrogen and oxygen atoms in total. The van der Waals surface area contributed by atoms with Crippen molar-refractivity contribution in [3.05, 3.63) is 35.4 Å². The predicted molar refractivity (Wildman–Crippen MR) is 77.1 cm³/mol. The van der Waals surface area contributed by atoms with Gasteiger partial charge in [0.1, 0.15) is 6.61 Å². The molecule has 0 spiro atoms. The molecule has 0 aromatic heterocycles. The van der Waals surface area contributed by atoms with Crippen LogP contribution in [0.4, 0.5) is 0 Å². The van der Waals surface area contributed by atoms with Crippen LogP contribution in [0.2, 0.25) is 0 Å². The molecule has 0 aliphatic rings. The standard InChI is InChI=1S/C15H24N2O/c1-5-17(6-2)11-12-18-16-14(4)15-9-7-13(3)8-10-15/h7-10H,5-6,11-12H2,1-4H3/b16-14+. The van der Waals surface area contributed by atoms with Gasteiger partial charge < -0.3 is 9.74 Å². The molecule has 0 aliphatic heterocycles. The minimum absolute atomic E-state index is 0.644. The maximum Gasteiger partial charge on any atom is 0.129 e. The molecule has 0 unspecified atom stereocenters. The highest BCUT2D eigenvalue weighted by Gasteiger charge is 1.99. The molecule has 100 valence electrons. The van der Waals surface area contributed by atoms with Gasteiger partial charge in [-0.05, 0) is 32.5 Å². The third kappa shape index (κ3) is 4.88. The van der Waals surface area contributed by atoms with Gasteiger partial charge in [0.25, 0.3) is 0 Å². The summed E-state index contributed by atoms with van der Waals surface area (Å²) in [6.45, 7) is 12.1. The van der Waals surface area contributed by atoms with Crippen LogP contribution in [0.1, 0.15) is 31.9 Å². The van der Waals surface area contributed by atoms with Gasteiger partial charge in [-0.2, -0.15) is 0 Å². The molecule has 0 heterocycles. The fourth-order valence-electron chi connectivity index (χ4n) is 1.70.